The van der Waals surface area contributed by atoms with Gasteiger partial charge in [0.2, 0.25) is 0 Å². The van der Waals surface area contributed by atoms with Crippen molar-refractivity contribution in [1.29, 1.82) is 0 Å². The Kier molecular flexibility index (Phi) is 5.38. The van der Waals surface area contributed by atoms with Crippen LogP contribution in [0.2, 0.25) is 0 Å². The smallest absolute Gasteiger partial charge is 0.274 e. The van der Waals surface area contributed by atoms with Gasteiger partial charge in [-0.1, -0.05) is 12.1 Å². The Morgan fingerprint density at radius 1 is 1.08 bits per heavy atom. The van der Waals surface area contributed by atoms with E-state index in [4.69, 9.17) is 14.2 Å². The lowest BCUT2D eigenvalue weighted by atomic mass is 10.2. The number of anilines is 1. The molecule has 1 heterocycles. The maximum atomic E-state index is 12.5. The maximum Gasteiger partial charge on any atom is 0.274 e. The third-order valence-corrected chi connectivity index (χ3v) is 4.24. The average molecular weight is 342 g/mol. The van der Waals surface area contributed by atoms with Gasteiger partial charge in [-0.3, -0.25) is 4.79 Å². The van der Waals surface area contributed by atoms with E-state index in [2.05, 4.69) is 10.3 Å². The van der Waals surface area contributed by atoms with E-state index in [1.165, 1.54) is 19.0 Å². The molecule has 1 fully saturated rings. The molecule has 132 valence electrons. The molecule has 1 aromatic carbocycles. The highest BCUT2D eigenvalue weighted by Gasteiger charge is 2.20. The predicted molar refractivity (Wildman–Crippen MR) is 94.6 cm³/mol. The van der Waals surface area contributed by atoms with Crippen molar-refractivity contribution in [3.05, 3.63) is 42.2 Å². The molecule has 0 spiro atoms. The van der Waals surface area contributed by atoms with Crippen LogP contribution < -0.4 is 19.5 Å². The number of carbonyl (C=O) groups is 1. The Morgan fingerprint density at radius 2 is 1.80 bits per heavy atom. The minimum absolute atomic E-state index is 0.168. The van der Waals surface area contributed by atoms with Gasteiger partial charge < -0.3 is 19.5 Å². The zero-order valence-corrected chi connectivity index (χ0v) is 14.5. The Hall–Kier alpha value is -2.76. The van der Waals surface area contributed by atoms with Crippen molar-refractivity contribution in [1.82, 2.24) is 4.98 Å². The van der Waals surface area contributed by atoms with Gasteiger partial charge >= 0.3 is 0 Å². The fourth-order valence-corrected chi connectivity index (χ4v) is 2.91. The summed E-state index contributed by atoms with van der Waals surface area (Å²) in [7, 11) is 3.12. The summed E-state index contributed by atoms with van der Waals surface area (Å²) in [6.07, 6.45) is 6.06. The van der Waals surface area contributed by atoms with Crippen LogP contribution in [0, 0.1) is 0 Å². The van der Waals surface area contributed by atoms with E-state index in [0.29, 0.717) is 22.9 Å². The normalized spacial score (nSPS) is 14.2. The fraction of sp³-hybridized carbons (Fsp3) is 0.368. The second-order valence-electron chi connectivity index (χ2n) is 5.90. The Bertz CT molecular complexity index is 742. The average Bonchev–Trinajstić information content (AvgIpc) is 3.15. The van der Waals surface area contributed by atoms with Gasteiger partial charge in [0.05, 0.1) is 32.2 Å². The first kappa shape index (κ1) is 17.1. The minimum atomic E-state index is -0.330. The molecule has 25 heavy (non-hydrogen) atoms. The van der Waals surface area contributed by atoms with Crippen LogP contribution in [-0.4, -0.2) is 31.2 Å². The van der Waals surface area contributed by atoms with E-state index in [-0.39, 0.29) is 17.7 Å². The van der Waals surface area contributed by atoms with Crippen LogP contribution >= 0.6 is 0 Å². The highest BCUT2D eigenvalue weighted by Crippen LogP contribution is 2.32. The third kappa shape index (κ3) is 4.02. The number of nitrogens with zero attached hydrogens (tertiary/aromatic N) is 1. The predicted octanol–water partition coefficient (Wildman–Crippen LogP) is 3.67. The zero-order chi connectivity index (χ0) is 17.6. The van der Waals surface area contributed by atoms with Crippen LogP contribution in [-0.2, 0) is 0 Å². The summed E-state index contributed by atoms with van der Waals surface area (Å²) in [5.41, 5.74) is 0.852. The first-order chi connectivity index (χ1) is 12.2. The first-order valence-electron chi connectivity index (χ1n) is 8.36. The van der Waals surface area contributed by atoms with Gasteiger partial charge in [0, 0.05) is 6.07 Å². The molecule has 6 heteroatoms. The molecule has 1 aromatic heterocycles. The summed E-state index contributed by atoms with van der Waals surface area (Å²) in [5, 5.41) is 2.81. The fourth-order valence-electron chi connectivity index (χ4n) is 2.91. The number of carbonyl (C=O) groups excluding carboxylic acids is 1. The molecule has 2 aromatic rings. The van der Waals surface area contributed by atoms with Gasteiger partial charge in [-0.2, -0.15) is 0 Å². The number of nitrogens with one attached hydrogen (secondary N) is 1. The van der Waals surface area contributed by atoms with Crippen molar-refractivity contribution in [2.24, 2.45) is 0 Å². The molecule has 0 bridgehead atoms. The third-order valence-electron chi connectivity index (χ3n) is 4.24. The van der Waals surface area contributed by atoms with Crippen LogP contribution in [0.15, 0.2) is 36.5 Å². The number of hydrogen-bond donors (Lipinski definition) is 1. The number of pyridine rings is 1. The van der Waals surface area contributed by atoms with Gasteiger partial charge in [-0.25, -0.2) is 4.98 Å². The zero-order valence-electron chi connectivity index (χ0n) is 14.5. The Balaban J connectivity index is 1.80. The molecule has 0 aliphatic heterocycles. The van der Waals surface area contributed by atoms with E-state index in [0.717, 1.165) is 12.8 Å². The number of rotatable bonds is 6. The second-order valence-corrected chi connectivity index (χ2v) is 5.90. The SMILES string of the molecule is COc1ccccc1NC(=O)c1cc(OC2CCCC2)c(OC)cn1. The van der Waals surface area contributed by atoms with Gasteiger partial charge in [-0.15, -0.1) is 0 Å². The molecule has 0 radical (unpaired) electrons. The van der Waals surface area contributed by atoms with Crippen molar-refractivity contribution in [2.45, 2.75) is 31.8 Å². The Morgan fingerprint density at radius 3 is 2.52 bits per heavy atom. The molecular formula is C19H22N2O4. The van der Waals surface area contributed by atoms with Crippen LogP contribution in [0.1, 0.15) is 36.2 Å². The van der Waals surface area contributed by atoms with Crippen molar-refractivity contribution in [2.75, 3.05) is 19.5 Å². The largest absolute Gasteiger partial charge is 0.495 e. The number of aromatic nitrogens is 1. The van der Waals surface area contributed by atoms with Gasteiger partial charge in [-0.05, 0) is 37.8 Å². The van der Waals surface area contributed by atoms with Gasteiger partial charge in [0.1, 0.15) is 11.4 Å². The molecule has 1 aliphatic carbocycles. The van der Waals surface area contributed by atoms with Crippen LogP contribution in [0.25, 0.3) is 0 Å². The standard InChI is InChI=1S/C19H22N2O4/c1-23-16-10-6-5-9-14(16)21-19(22)15-11-17(18(24-2)12-20-15)25-13-7-3-4-8-13/h5-6,9-13H,3-4,7-8H2,1-2H3,(H,21,22). The van der Waals surface area contributed by atoms with E-state index in [9.17, 15) is 4.79 Å². The van der Waals surface area contributed by atoms with E-state index >= 15 is 0 Å². The van der Waals surface area contributed by atoms with Crippen LogP contribution in [0.3, 0.4) is 0 Å². The highest BCUT2D eigenvalue weighted by molar-refractivity contribution is 6.04. The Labute approximate surface area is 147 Å². The molecular weight excluding hydrogens is 320 g/mol. The lowest BCUT2D eigenvalue weighted by molar-refractivity contribution is 0.102. The summed E-state index contributed by atoms with van der Waals surface area (Å²) in [5.74, 6) is 1.34. The summed E-state index contributed by atoms with van der Waals surface area (Å²) in [6.45, 7) is 0. The molecule has 0 saturated heterocycles. The van der Waals surface area contributed by atoms with Crippen LogP contribution in [0.4, 0.5) is 5.69 Å². The lowest BCUT2D eigenvalue weighted by Gasteiger charge is -2.16. The van der Waals surface area contributed by atoms with E-state index < -0.39 is 0 Å². The van der Waals surface area contributed by atoms with Gasteiger partial charge in [0.25, 0.3) is 5.91 Å². The second kappa shape index (κ2) is 7.88. The number of ether oxygens (including phenoxy) is 3. The topological polar surface area (TPSA) is 69.7 Å². The molecule has 1 amide bonds. The van der Waals surface area contributed by atoms with Crippen molar-refractivity contribution >= 4 is 11.6 Å². The number of methoxy groups -OCH3 is 2. The molecule has 3 rings (SSSR count). The number of para-hydroxylation sites is 2. The molecule has 1 saturated carbocycles. The summed E-state index contributed by atoms with van der Waals surface area (Å²) in [4.78, 5) is 16.7. The monoisotopic (exact) mass is 342 g/mol. The summed E-state index contributed by atoms with van der Waals surface area (Å²) in [6, 6.07) is 8.85. The van der Waals surface area contributed by atoms with Crippen molar-refractivity contribution in [3.8, 4) is 17.2 Å². The van der Waals surface area contributed by atoms with Crippen molar-refractivity contribution in [3.63, 3.8) is 0 Å². The van der Waals surface area contributed by atoms with Crippen molar-refractivity contribution < 1.29 is 19.0 Å². The lowest BCUT2D eigenvalue weighted by Crippen LogP contribution is -2.16. The molecule has 1 N–H and O–H groups in total. The first-order valence-corrected chi connectivity index (χ1v) is 8.36. The number of hydrogen-bond acceptors (Lipinski definition) is 5. The quantitative estimate of drug-likeness (QED) is 0.867. The minimum Gasteiger partial charge on any atom is -0.495 e. The molecule has 0 atom stereocenters. The number of amides is 1. The van der Waals surface area contributed by atoms with Gasteiger partial charge in [0.15, 0.2) is 11.5 Å². The van der Waals surface area contributed by atoms with Crippen LogP contribution in [0.5, 0.6) is 17.2 Å². The van der Waals surface area contributed by atoms with E-state index in [1.807, 2.05) is 12.1 Å². The molecule has 1 aliphatic rings. The highest BCUT2D eigenvalue weighted by atomic mass is 16.5. The molecule has 6 nitrogen and oxygen atoms in total. The summed E-state index contributed by atoms with van der Waals surface area (Å²) >= 11 is 0. The summed E-state index contributed by atoms with van der Waals surface area (Å²) < 4.78 is 16.6. The van der Waals surface area contributed by atoms with E-state index in [1.54, 1.807) is 32.4 Å². The maximum absolute atomic E-state index is 12.5. The number of benzene rings is 1. The molecule has 0 unspecified atom stereocenters.